The van der Waals surface area contributed by atoms with Gasteiger partial charge in [0.2, 0.25) is 0 Å². The molecule has 1 aromatic heterocycles. The topological polar surface area (TPSA) is 16.4 Å². The van der Waals surface area contributed by atoms with E-state index in [4.69, 9.17) is 4.42 Å². The molecule has 0 fully saturated rings. The Bertz CT molecular complexity index is 2650. The molecule has 2 aliphatic rings. The van der Waals surface area contributed by atoms with Gasteiger partial charge in [-0.3, -0.25) is 0 Å². The molecule has 51 heavy (non-hydrogen) atoms. The van der Waals surface area contributed by atoms with Crippen molar-refractivity contribution in [1.29, 1.82) is 0 Å². The van der Waals surface area contributed by atoms with Crippen LogP contribution in [0.15, 0.2) is 156 Å². The summed E-state index contributed by atoms with van der Waals surface area (Å²) in [6.45, 7) is 9.44. The van der Waals surface area contributed by atoms with Crippen molar-refractivity contribution in [3.63, 3.8) is 0 Å². The van der Waals surface area contributed by atoms with Crippen LogP contribution < -0.4 is 4.90 Å². The third-order valence-corrected chi connectivity index (χ3v) is 11.5. The summed E-state index contributed by atoms with van der Waals surface area (Å²) in [7, 11) is 0. The summed E-state index contributed by atoms with van der Waals surface area (Å²) in [6, 6.07) is 55.6. The summed E-state index contributed by atoms with van der Waals surface area (Å²) in [5.41, 5.74) is 18.3. The molecular formula is C49H41NO. The lowest BCUT2D eigenvalue weighted by atomic mass is 9.82. The zero-order valence-corrected chi connectivity index (χ0v) is 28.8. The second-order valence-electron chi connectivity index (χ2n) is 14.9. The Morgan fingerprint density at radius 1 is 0.451 bits per heavy atom. The molecule has 0 spiro atoms. The molecule has 0 saturated heterocycles. The first-order chi connectivity index (χ1) is 24.3. The predicted molar refractivity (Wildman–Crippen MR) is 216 cm³/mol. The Kier molecular flexibility index (Phi) is 6.76. The Hall–Kier alpha value is -5.86. The minimum atomic E-state index is -0.100. The highest BCUT2D eigenvalue weighted by Gasteiger charge is 2.39. The van der Waals surface area contributed by atoms with E-state index >= 15 is 0 Å². The lowest BCUT2D eigenvalue weighted by molar-refractivity contribution is 0.660. The maximum absolute atomic E-state index is 6.25. The molecule has 0 atom stereocenters. The van der Waals surface area contributed by atoms with Crippen LogP contribution >= 0.6 is 0 Å². The molecule has 2 nitrogen and oxygen atoms in total. The molecule has 10 rings (SSSR count). The van der Waals surface area contributed by atoms with E-state index in [0.29, 0.717) is 0 Å². The number of benzene rings is 7. The van der Waals surface area contributed by atoms with Crippen LogP contribution in [-0.4, -0.2) is 0 Å². The highest BCUT2D eigenvalue weighted by molar-refractivity contribution is 6.12. The van der Waals surface area contributed by atoms with Crippen LogP contribution in [0.4, 0.5) is 17.1 Å². The first-order valence-electron chi connectivity index (χ1n) is 17.6. The van der Waals surface area contributed by atoms with E-state index < -0.39 is 0 Å². The van der Waals surface area contributed by atoms with Crippen molar-refractivity contribution in [1.82, 2.24) is 0 Å². The highest BCUT2D eigenvalue weighted by Crippen LogP contribution is 2.55. The molecule has 7 aromatic carbocycles. The van der Waals surface area contributed by atoms with Gasteiger partial charge in [0.1, 0.15) is 11.2 Å². The lowest BCUT2D eigenvalue weighted by Crippen LogP contribution is -2.17. The van der Waals surface area contributed by atoms with Crippen molar-refractivity contribution in [2.45, 2.75) is 46.0 Å². The number of fused-ring (bicyclic) bond motifs is 9. The lowest BCUT2D eigenvalue weighted by Gasteiger charge is -2.30. The van der Waals surface area contributed by atoms with E-state index in [2.05, 4.69) is 172 Å². The van der Waals surface area contributed by atoms with Crippen molar-refractivity contribution in [2.75, 3.05) is 4.90 Å². The van der Waals surface area contributed by atoms with Crippen LogP contribution in [0.3, 0.4) is 0 Å². The molecule has 2 aliphatic carbocycles. The first-order valence-corrected chi connectivity index (χ1v) is 17.6. The molecule has 0 amide bonds. The molecule has 0 unspecified atom stereocenters. The summed E-state index contributed by atoms with van der Waals surface area (Å²) in [5, 5.41) is 2.31. The molecule has 0 N–H and O–H groups in total. The van der Waals surface area contributed by atoms with Crippen molar-refractivity contribution >= 4 is 39.0 Å². The highest BCUT2D eigenvalue weighted by atomic mass is 16.3. The van der Waals surface area contributed by atoms with Gasteiger partial charge in [-0.2, -0.15) is 0 Å². The van der Waals surface area contributed by atoms with Gasteiger partial charge in [-0.15, -0.1) is 0 Å². The van der Waals surface area contributed by atoms with Crippen molar-refractivity contribution in [2.24, 2.45) is 0 Å². The predicted octanol–water partition coefficient (Wildman–Crippen LogP) is 14.0. The van der Waals surface area contributed by atoms with Gasteiger partial charge in [0, 0.05) is 38.5 Å². The second-order valence-corrected chi connectivity index (χ2v) is 14.9. The smallest absolute Gasteiger partial charge is 0.136 e. The molecule has 0 saturated carbocycles. The molecule has 0 aliphatic heterocycles. The average molecular weight is 660 g/mol. The Labute approximate surface area is 300 Å². The van der Waals surface area contributed by atoms with Crippen molar-refractivity contribution in [3.05, 3.63) is 174 Å². The monoisotopic (exact) mass is 659 g/mol. The van der Waals surface area contributed by atoms with Crippen LogP contribution in [0.2, 0.25) is 0 Å². The minimum absolute atomic E-state index is 0. The largest absolute Gasteiger partial charge is 0.456 e. The van der Waals surface area contributed by atoms with E-state index in [1.807, 2.05) is 12.1 Å². The molecule has 8 aromatic rings. The van der Waals surface area contributed by atoms with Gasteiger partial charge in [-0.1, -0.05) is 144 Å². The number of nitrogens with zero attached hydrogens (tertiary/aromatic N) is 1. The van der Waals surface area contributed by atoms with Gasteiger partial charge in [-0.05, 0) is 92.5 Å². The normalized spacial score (nSPS) is 14.4. The van der Waals surface area contributed by atoms with E-state index in [1.165, 1.54) is 61.3 Å². The summed E-state index contributed by atoms with van der Waals surface area (Å²) in [5.74, 6) is 0. The zero-order chi connectivity index (χ0) is 33.8. The van der Waals surface area contributed by atoms with Crippen LogP contribution in [-0.2, 0) is 10.8 Å². The van der Waals surface area contributed by atoms with Gasteiger partial charge >= 0.3 is 0 Å². The summed E-state index contributed by atoms with van der Waals surface area (Å²) in [6.07, 6.45) is 0. The number of rotatable bonds is 4. The third kappa shape index (κ3) is 4.36. The summed E-state index contributed by atoms with van der Waals surface area (Å²) in [4.78, 5) is 2.48. The number of furan rings is 1. The minimum Gasteiger partial charge on any atom is -0.456 e. The second kappa shape index (κ2) is 11.1. The molecule has 2 heteroatoms. The van der Waals surface area contributed by atoms with E-state index in [9.17, 15) is 0 Å². The molecule has 248 valence electrons. The van der Waals surface area contributed by atoms with Crippen LogP contribution in [0, 0.1) is 0 Å². The van der Waals surface area contributed by atoms with Gasteiger partial charge in [0.05, 0.1) is 5.69 Å². The quantitative estimate of drug-likeness (QED) is 0.187. The Morgan fingerprint density at radius 3 is 1.82 bits per heavy atom. The SMILES string of the molecule is C.CC1(C)c2ccccc2-c2ccc(N(c3ccc(-c4cccc5oc6ccccc6c45)cc3)c3cccc4c3-c3ccccc3C4(C)C)cc21. The standard InChI is InChI=1S/C48H37NO.CH4/c1-47(2)39-18-9-6-14-36(39)46-40(47)19-12-20-42(46)49(32-27-28-35-34-13-5-8-17-38(34)48(3,4)41(35)29-32)31-25-23-30(24-26-31)33-16-11-22-44-45(33)37-15-7-10-21-43(37)50-44;/h5-29H,1-4H3;1H4. The summed E-state index contributed by atoms with van der Waals surface area (Å²) >= 11 is 0. The van der Waals surface area contributed by atoms with E-state index in [-0.39, 0.29) is 18.3 Å². The van der Waals surface area contributed by atoms with Gasteiger partial charge in [0.25, 0.3) is 0 Å². The molecular weight excluding hydrogens is 619 g/mol. The third-order valence-electron chi connectivity index (χ3n) is 11.5. The average Bonchev–Trinajstić information content (AvgIpc) is 3.72. The number of para-hydroxylation sites is 1. The fraction of sp³-hybridized carbons (Fsp3) is 0.143. The molecule has 1 heterocycles. The van der Waals surface area contributed by atoms with E-state index in [1.54, 1.807) is 0 Å². The Balaban J connectivity index is 0.00000348. The van der Waals surface area contributed by atoms with Crippen LogP contribution in [0.25, 0.3) is 55.3 Å². The van der Waals surface area contributed by atoms with Crippen molar-refractivity contribution < 1.29 is 4.42 Å². The maximum Gasteiger partial charge on any atom is 0.136 e. The van der Waals surface area contributed by atoms with Gasteiger partial charge < -0.3 is 9.32 Å². The number of hydrogen-bond donors (Lipinski definition) is 0. The molecule has 0 radical (unpaired) electrons. The first kappa shape index (κ1) is 31.1. The van der Waals surface area contributed by atoms with Crippen LogP contribution in [0.5, 0.6) is 0 Å². The maximum atomic E-state index is 6.25. The van der Waals surface area contributed by atoms with Crippen molar-refractivity contribution in [3.8, 4) is 33.4 Å². The van der Waals surface area contributed by atoms with Gasteiger partial charge in [-0.25, -0.2) is 0 Å². The summed E-state index contributed by atoms with van der Waals surface area (Å²) < 4.78 is 6.25. The van der Waals surface area contributed by atoms with E-state index in [0.717, 1.165) is 33.3 Å². The number of anilines is 3. The molecule has 0 bridgehead atoms. The van der Waals surface area contributed by atoms with Crippen LogP contribution in [0.1, 0.15) is 57.4 Å². The Morgan fingerprint density at radius 2 is 1.02 bits per heavy atom. The zero-order valence-electron chi connectivity index (χ0n) is 28.8. The van der Waals surface area contributed by atoms with Gasteiger partial charge in [0.15, 0.2) is 0 Å². The number of hydrogen-bond acceptors (Lipinski definition) is 2. The fourth-order valence-corrected chi connectivity index (χ4v) is 8.99. The fourth-order valence-electron chi connectivity index (χ4n) is 8.99.